The summed E-state index contributed by atoms with van der Waals surface area (Å²) in [6, 6.07) is 0.231. The van der Waals surface area contributed by atoms with Crippen molar-refractivity contribution in [2.24, 2.45) is 4.99 Å². The molecule has 0 bridgehead atoms. The van der Waals surface area contributed by atoms with E-state index in [1.807, 2.05) is 6.92 Å². The van der Waals surface area contributed by atoms with E-state index in [4.69, 9.17) is 5.11 Å². The van der Waals surface area contributed by atoms with E-state index in [9.17, 15) is 0 Å². The number of hydrogen-bond acceptors (Lipinski definition) is 2. The fourth-order valence-electron chi connectivity index (χ4n) is 1.37. The van der Waals surface area contributed by atoms with Gasteiger partial charge in [0.15, 0.2) is 0 Å². The molecule has 1 unspecified atom stereocenters. The summed E-state index contributed by atoms with van der Waals surface area (Å²) >= 11 is 0. The third-order valence-electron chi connectivity index (χ3n) is 1.89. The third kappa shape index (κ3) is 2.15. The first-order valence-corrected chi connectivity index (χ1v) is 4.00. The van der Waals surface area contributed by atoms with Crippen LogP contribution in [-0.2, 0) is 0 Å². The Morgan fingerprint density at radius 2 is 2.27 bits per heavy atom. The van der Waals surface area contributed by atoms with Gasteiger partial charge in [-0.25, -0.2) is 0 Å². The molecule has 1 N–H and O–H groups in total. The lowest BCUT2D eigenvalue weighted by Gasteiger charge is -2.10. The molecule has 11 heavy (non-hydrogen) atoms. The van der Waals surface area contributed by atoms with Gasteiger partial charge in [-0.1, -0.05) is 0 Å². The molecular weight excluding hydrogens is 138 g/mol. The quantitative estimate of drug-likeness (QED) is 0.641. The van der Waals surface area contributed by atoms with Crippen molar-refractivity contribution in [3.05, 3.63) is 11.6 Å². The largest absolute Gasteiger partial charge is 0.393 e. The Bertz CT molecular complexity index is 204. The number of hydrogen-bond donors (Lipinski definition) is 1. The van der Waals surface area contributed by atoms with Gasteiger partial charge in [-0.05, 0) is 38.8 Å². The molecule has 62 valence electrons. The monoisotopic (exact) mass is 153 g/mol. The van der Waals surface area contributed by atoms with Crippen molar-refractivity contribution in [1.29, 1.82) is 0 Å². The van der Waals surface area contributed by atoms with Crippen molar-refractivity contribution in [1.82, 2.24) is 0 Å². The summed E-state index contributed by atoms with van der Waals surface area (Å²) in [6.45, 7) is 5.86. The predicted octanol–water partition coefficient (Wildman–Crippen LogP) is 1.55. The van der Waals surface area contributed by atoms with E-state index in [1.165, 1.54) is 5.57 Å². The van der Waals surface area contributed by atoms with Gasteiger partial charge in [0, 0.05) is 5.71 Å². The number of aliphatic imine (C=N–C) groups is 1. The van der Waals surface area contributed by atoms with Gasteiger partial charge in [-0.3, -0.25) is 4.99 Å². The lowest BCUT2D eigenvalue weighted by Crippen LogP contribution is -2.12. The van der Waals surface area contributed by atoms with Crippen LogP contribution in [0.3, 0.4) is 0 Å². The average Bonchev–Trinajstić information content (AvgIpc) is 2.09. The molecule has 2 nitrogen and oxygen atoms in total. The van der Waals surface area contributed by atoms with Crippen molar-refractivity contribution in [3.8, 4) is 0 Å². The SMILES string of the molecule is CC1=CC(C)=NC1C[C@@H](C)O. The fourth-order valence-corrected chi connectivity index (χ4v) is 1.37. The van der Waals surface area contributed by atoms with Gasteiger partial charge in [-0.2, -0.15) is 0 Å². The Hall–Kier alpha value is -0.630. The summed E-state index contributed by atoms with van der Waals surface area (Å²) in [5.41, 5.74) is 2.34. The van der Waals surface area contributed by atoms with Gasteiger partial charge in [-0.15, -0.1) is 0 Å². The van der Waals surface area contributed by atoms with Crippen LogP contribution in [-0.4, -0.2) is 23.0 Å². The minimum absolute atomic E-state index is 0.231. The van der Waals surface area contributed by atoms with E-state index < -0.39 is 0 Å². The van der Waals surface area contributed by atoms with Crippen LogP contribution < -0.4 is 0 Å². The van der Waals surface area contributed by atoms with Crippen LogP contribution in [0.5, 0.6) is 0 Å². The van der Waals surface area contributed by atoms with Crippen LogP contribution in [0, 0.1) is 0 Å². The van der Waals surface area contributed by atoms with Crippen molar-refractivity contribution in [2.75, 3.05) is 0 Å². The highest BCUT2D eigenvalue weighted by atomic mass is 16.3. The molecule has 0 aromatic rings. The first-order valence-electron chi connectivity index (χ1n) is 4.00. The molecule has 0 saturated carbocycles. The zero-order chi connectivity index (χ0) is 8.43. The Balaban J connectivity index is 2.56. The molecule has 0 fully saturated rings. The molecule has 0 aromatic carbocycles. The molecule has 1 aliphatic rings. The third-order valence-corrected chi connectivity index (χ3v) is 1.89. The molecule has 2 heteroatoms. The lowest BCUT2D eigenvalue weighted by molar-refractivity contribution is 0.179. The van der Waals surface area contributed by atoms with Gasteiger partial charge < -0.3 is 5.11 Å². The molecule has 0 spiro atoms. The van der Waals surface area contributed by atoms with E-state index in [-0.39, 0.29) is 12.1 Å². The normalized spacial score (nSPS) is 26.4. The molecule has 0 aliphatic carbocycles. The van der Waals surface area contributed by atoms with E-state index in [0.29, 0.717) is 0 Å². The van der Waals surface area contributed by atoms with Gasteiger partial charge in [0.1, 0.15) is 0 Å². The van der Waals surface area contributed by atoms with E-state index in [1.54, 1.807) is 6.92 Å². The topological polar surface area (TPSA) is 32.6 Å². The van der Waals surface area contributed by atoms with Gasteiger partial charge in [0.25, 0.3) is 0 Å². The number of aliphatic hydroxyl groups is 1. The molecule has 1 rings (SSSR count). The maximum atomic E-state index is 9.12. The summed E-state index contributed by atoms with van der Waals surface area (Å²) in [5, 5.41) is 9.12. The molecule has 0 aromatic heterocycles. The maximum absolute atomic E-state index is 9.12. The van der Waals surface area contributed by atoms with Crippen molar-refractivity contribution < 1.29 is 5.11 Å². The fraction of sp³-hybridized carbons (Fsp3) is 0.667. The second-order valence-electron chi connectivity index (χ2n) is 3.26. The summed E-state index contributed by atoms with van der Waals surface area (Å²) < 4.78 is 0. The van der Waals surface area contributed by atoms with Crippen molar-refractivity contribution in [2.45, 2.75) is 39.3 Å². The Morgan fingerprint density at radius 1 is 1.64 bits per heavy atom. The number of rotatable bonds is 2. The standard InChI is InChI=1S/C9H15NO/c1-6-4-7(2)10-9(6)5-8(3)11/h4,8-9,11H,5H2,1-3H3/t8-,9?/m1/s1. The summed E-state index contributed by atoms with van der Waals surface area (Å²) in [4.78, 5) is 4.37. The van der Waals surface area contributed by atoms with Gasteiger partial charge in [0.05, 0.1) is 12.1 Å². The van der Waals surface area contributed by atoms with E-state index >= 15 is 0 Å². The zero-order valence-corrected chi connectivity index (χ0v) is 7.33. The van der Waals surface area contributed by atoms with E-state index in [0.717, 1.165) is 12.1 Å². The highest BCUT2D eigenvalue weighted by Crippen LogP contribution is 2.18. The maximum Gasteiger partial charge on any atom is 0.0737 e. The molecule has 2 atom stereocenters. The number of aliphatic hydroxyl groups excluding tert-OH is 1. The first kappa shape index (κ1) is 8.47. The second kappa shape index (κ2) is 3.18. The molecule has 1 heterocycles. The second-order valence-corrected chi connectivity index (χ2v) is 3.26. The van der Waals surface area contributed by atoms with Crippen LogP contribution in [0.15, 0.2) is 16.6 Å². The minimum atomic E-state index is -0.252. The minimum Gasteiger partial charge on any atom is -0.393 e. The van der Waals surface area contributed by atoms with Crippen LogP contribution in [0.4, 0.5) is 0 Å². The van der Waals surface area contributed by atoms with Crippen LogP contribution in [0.1, 0.15) is 27.2 Å². The van der Waals surface area contributed by atoms with E-state index in [2.05, 4.69) is 18.0 Å². The molecule has 0 saturated heterocycles. The first-order chi connectivity index (χ1) is 5.09. The molecule has 0 amide bonds. The highest BCUT2D eigenvalue weighted by molar-refractivity contribution is 5.95. The van der Waals surface area contributed by atoms with Crippen LogP contribution >= 0.6 is 0 Å². The predicted molar refractivity (Wildman–Crippen MR) is 47.0 cm³/mol. The Kier molecular flexibility index (Phi) is 2.45. The summed E-state index contributed by atoms with van der Waals surface area (Å²) in [6.07, 6.45) is 2.57. The molecule has 0 radical (unpaired) electrons. The van der Waals surface area contributed by atoms with Crippen LogP contribution in [0.25, 0.3) is 0 Å². The number of allylic oxidation sites excluding steroid dienone is 1. The van der Waals surface area contributed by atoms with Gasteiger partial charge in [0.2, 0.25) is 0 Å². The molecular formula is C9H15NO. The van der Waals surface area contributed by atoms with Gasteiger partial charge >= 0.3 is 0 Å². The number of nitrogens with zero attached hydrogens (tertiary/aromatic N) is 1. The lowest BCUT2D eigenvalue weighted by atomic mass is 10.1. The average molecular weight is 153 g/mol. The zero-order valence-electron chi connectivity index (χ0n) is 7.33. The summed E-state index contributed by atoms with van der Waals surface area (Å²) in [7, 11) is 0. The van der Waals surface area contributed by atoms with Crippen molar-refractivity contribution in [3.63, 3.8) is 0 Å². The smallest absolute Gasteiger partial charge is 0.0737 e. The molecule has 1 aliphatic heterocycles. The Labute approximate surface area is 67.7 Å². The highest BCUT2D eigenvalue weighted by Gasteiger charge is 2.16. The Morgan fingerprint density at radius 3 is 2.64 bits per heavy atom. The van der Waals surface area contributed by atoms with Crippen LogP contribution in [0.2, 0.25) is 0 Å². The van der Waals surface area contributed by atoms with Crippen molar-refractivity contribution >= 4 is 5.71 Å². The summed E-state index contributed by atoms with van der Waals surface area (Å²) in [5.74, 6) is 0.